The average Bonchev–Trinajstić information content (AvgIpc) is 2.63. The number of thioether (sulfide) groups is 1. The number of nitrogens with one attached hydrogen (secondary N) is 3. The molecule has 0 fully saturated rings. The molecule has 0 aliphatic rings. The standard InChI is InChI=1S/C17H16N4O3S/c1-3-10-25-17-20-14(18-12(22)4-2)13(16(24)21-17)19-15(23)11-8-6-5-7-9-11/h1,5-9H,4,10H2,2H3,(H,19,23)(H2,18,20,21,22,24). The molecule has 0 radical (unpaired) electrons. The van der Waals surface area contributed by atoms with Gasteiger partial charge in [-0.15, -0.1) is 6.42 Å². The van der Waals surface area contributed by atoms with Crippen molar-refractivity contribution in [1.82, 2.24) is 9.97 Å². The molecule has 2 aromatic rings. The molecule has 2 amide bonds. The van der Waals surface area contributed by atoms with Crippen molar-refractivity contribution in [2.75, 3.05) is 16.4 Å². The van der Waals surface area contributed by atoms with Crippen molar-refractivity contribution < 1.29 is 9.59 Å². The van der Waals surface area contributed by atoms with Crippen LogP contribution in [0.5, 0.6) is 0 Å². The van der Waals surface area contributed by atoms with Gasteiger partial charge in [0.2, 0.25) is 5.91 Å². The summed E-state index contributed by atoms with van der Waals surface area (Å²) < 4.78 is 0. The van der Waals surface area contributed by atoms with Crippen LogP contribution in [0.3, 0.4) is 0 Å². The zero-order valence-corrected chi connectivity index (χ0v) is 14.3. The van der Waals surface area contributed by atoms with Gasteiger partial charge in [0.15, 0.2) is 16.7 Å². The highest BCUT2D eigenvalue weighted by Crippen LogP contribution is 2.20. The van der Waals surface area contributed by atoms with Crippen LogP contribution in [-0.2, 0) is 4.79 Å². The zero-order chi connectivity index (χ0) is 18.2. The summed E-state index contributed by atoms with van der Waals surface area (Å²) >= 11 is 1.14. The molecule has 1 aromatic heterocycles. The molecule has 0 aliphatic heterocycles. The highest BCUT2D eigenvalue weighted by molar-refractivity contribution is 7.99. The van der Waals surface area contributed by atoms with Crippen LogP contribution < -0.4 is 16.2 Å². The van der Waals surface area contributed by atoms with Crippen molar-refractivity contribution >= 4 is 35.1 Å². The first-order valence-electron chi connectivity index (χ1n) is 7.42. The fourth-order valence-electron chi connectivity index (χ4n) is 1.83. The Morgan fingerprint density at radius 2 is 2.00 bits per heavy atom. The normalized spacial score (nSPS) is 9.92. The predicted octanol–water partition coefficient (Wildman–Crippen LogP) is 2.10. The van der Waals surface area contributed by atoms with Gasteiger partial charge in [0.25, 0.3) is 11.5 Å². The molecule has 1 aromatic carbocycles. The number of benzene rings is 1. The number of hydrogen-bond donors (Lipinski definition) is 3. The molecule has 1 heterocycles. The zero-order valence-electron chi connectivity index (χ0n) is 13.5. The molecule has 0 atom stereocenters. The van der Waals surface area contributed by atoms with E-state index in [-0.39, 0.29) is 29.0 Å². The third-order valence-electron chi connectivity index (χ3n) is 3.04. The highest BCUT2D eigenvalue weighted by atomic mass is 32.2. The van der Waals surface area contributed by atoms with Crippen molar-refractivity contribution in [2.24, 2.45) is 0 Å². The van der Waals surface area contributed by atoms with Gasteiger partial charge in [-0.25, -0.2) is 4.98 Å². The number of hydrogen-bond acceptors (Lipinski definition) is 5. The minimum Gasteiger partial charge on any atom is -0.314 e. The third kappa shape index (κ3) is 4.96. The number of carbonyl (C=O) groups is 2. The van der Waals surface area contributed by atoms with E-state index in [4.69, 9.17) is 6.42 Å². The van der Waals surface area contributed by atoms with Crippen molar-refractivity contribution in [3.8, 4) is 12.3 Å². The van der Waals surface area contributed by atoms with Crippen LogP contribution in [0.4, 0.5) is 11.5 Å². The number of anilines is 2. The molecule has 8 heteroatoms. The number of rotatable bonds is 6. The summed E-state index contributed by atoms with van der Waals surface area (Å²) in [6.45, 7) is 1.67. The van der Waals surface area contributed by atoms with Gasteiger partial charge in [0.1, 0.15) is 0 Å². The van der Waals surface area contributed by atoms with Gasteiger partial charge in [-0.05, 0) is 12.1 Å². The third-order valence-corrected chi connectivity index (χ3v) is 3.82. The molecule has 128 valence electrons. The number of aromatic amines is 1. The van der Waals surface area contributed by atoms with Crippen LogP contribution in [0.15, 0.2) is 40.3 Å². The van der Waals surface area contributed by atoms with Gasteiger partial charge in [-0.2, -0.15) is 0 Å². The molecule has 0 saturated carbocycles. The quantitative estimate of drug-likeness (QED) is 0.418. The smallest absolute Gasteiger partial charge is 0.277 e. The first-order chi connectivity index (χ1) is 12.0. The Hall–Kier alpha value is -3.05. The van der Waals surface area contributed by atoms with Crippen LogP contribution in [0, 0.1) is 12.3 Å². The van der Waals surface area contributed by atoms with Crippen molar-refractivity contribution in [1.29, 1.82) is 0 Å². The summed E-state index contributed by atoms with van der Waals surface area (Å²) in [7, 11) is 0. The van der Waals surface area contributed by atoms with E-state index < -0.39 is 11.5 Å². The fourth-order valence-corrected chi connectivity index (χ4v) is 2.37. The van der Waals surface area contributed by atoms with E-state index in [1.54, 1.807) is 37.3 Å². The van der Waals surface area contributed by atoms with Crippen molar-refractivity contribution in [2.45, 2.75) is 18.5 Å². The number of terminal acetylenes is 1. The molecule has 0 unspecified atom stereocenters. The fraction of sp³-hybridized carbons (Fsp3) is 0.176. The molecule has 3 N–H and O–H groups in total. The Labute approximate surface area is 148 Å². The van der Waals surface area contributed by atoms with E-state index in [0.717, 1.165) is 11.8 Å². The maximum absolute atomic E-state index is 12.3. The van der Waals surface area contributed by atoms with Gasteiger partial charge < -0.3 is 10.6 Å². The number of nitrogens with zero attached hydrogens (tertiary/aromatic N) is 1. The minimum absolute atomic E-state index is 0.0144. The minimum atomic E-state index is -0.579. The Morgan fingerprint density at radius 1 is 1.28 bits per heavy atom. The first-order valence-corrected chi connectivity index (χ1v) is 8.40. The van der Waals surface area contributed by atoms with Crippen LogP contribution >= 0.6 is 11.8 Å². The lowest BCUT2D eigenvalue weighted by Crippen LogP contribution is -2.25. The Balaban J connectivity index is 2.37. The highest BCUT2D eigenvalue weighted by Gasteiger charge is 2.17. The van der Waals surface area contributed by atoms with Gasteiger partial charge in [-0.1, -0.05) is 42.8 Å². The molecule has 2 rings (SSSR count). The average molecular weight is 356 g/mol. The summed E-state index contributed by atoms with van der Waals surface area (Å²) in [6, 6.07) is 8.40. The van der Waals surface area contributed by atoms with Crippen LogP contribution in [0.25, 0.3) is 0 Å². The van der Waals surface area contributed by atoms with E-state index >= 15 is 0 Å². The summed E-state index contributed by atoms with van der Waals surface area (Å²) in [6.07, 6.45) is 5.40. The molecule has 0 spiro atoms. The summed E-state index contributed by atoms with van der Waals surface area (Å²) in [5, 5.41) is 5.28. The number of amides is 2. The topological polar surface area (TPSA) is 104 Å². The number of H-pyrrole nitrogens is 1. The molecule has 7 nitrogen and oxygen atoms in total. The maximum Gasteiger partial charge on any atom is 0.277 e. The molecule has 0 bridgehead atoms. The van der Waals surface area contributed by atoms with E-state index in [9.17, 15) is 14.4 Å². The maximum atomic E-state index is 12.3. The van der Waals surface area contributed by atoms with Gasteiger partial charge in [0, 0.05) is 12.0 Å². The largest absolute Gasteiger partial charge is 0.314 e. The van der Waals surface area contributed by atoms with Gasteiger partial charge >= 0.3 is 0 Å². The summed E-state index contributed by atoms with van der Waals surface area (Å²) in [5.41, 5.74) is -0.327. The van der Waals surface area contributed by atoms with E-state index in [2.05, 4.69) is 26.5 Å². The van der Waals surface area contributed by atoms with Crippen LogP contribution in [-0.4, -0.2) is 27.5 Å². The molecular formula is C17H16N4O3S. The second kappa shape index (κ2) is 8.70. The molecule has 25 heavy (non-hydrogen) atoms. The van der Waals surface area contributed by atoms with Crippen molar-refractivity contribution in [3.63, 3.8) is 0 Å². The summed E-state index contributed by atoms with van der Waals surface area (Å²) in [5.74, 6) is 1.90. The Morgan fingerprint density at radius 3 is 2.64 bits per heavy atom. The van der Waals surface area contributed by atoms with Gasteiger partial charge in [-0.3, -0.25) is 19.4 Å². The predicted molar refractivity (Wildman–Crippen MR) is 97.7 cm³/mol. The second-order valence-electron chi connectivity index (χ2n) is 4.81. The SMILES string of the molecule is C#CCSc1nc(NC(=O)CC)c(NC(=O)c2ccccc2)c(=O)[nH]1. The first kappa shape index (κ1) is 18.3. The van der Waals surface area contributed by atoms with Crippen LogP contribution in [0.2, 0.25) is 0 Å². The Kier molecular flexibility index (Phi) is 6.37. The number of aromatic nitrogens is 2. The molecule has 0 aliphatic carbocycles. The van der Waals surface area contributed by atoms with E-state index in [1.807, 2.05) is 0 Å². The molecule has 0 saturated heterocycles. The van der Waals surface area contributed by atoms with E-state index in [1.165, 1.54) is 0 Å². The number of carbonyl (C=O) groups excluding carboxylic acids is 2. The Bertz CT molecular complexity index is 872. The van der Waals surface area contributed by atoms with Crippen molar-refractivity contribution in [3.05, 3.63) is 46.2 Å². The monoisotopic (exact) mass is 356 g/mol. The second-order valence-corrected chi connectivity index (χ2v) is 5.77. The van der Waals surface area contributed by atoms with Gasteiger partial charge in [0.05, 0.1) is 5.75 Å². The van der Waals surface area contributed by atoms with Crippen LogP contribution in [0.1, 0.15) is 23.7 Å². The van der Waals surface area contributed by atoms with E-state index in [0.29, 0.717) is 11.3 Å². The lowest BCUT2D eigenvalue weighted by molar-refractivity contribution is -0.115. The summed E-state index contributed by atoms with van der Waals surface area (Å²) in [4.78, 5) is 43.0. The lowest BCUT2D eigenvalue weighted by Gasteiger charge is -2.11. The molecular weight excluding hydrogens is 340 g/mol. The lowest BCUT2D eigenvalue weighted by atomic mass is 10.2.